The monoisotopic (exact) mass is 251 g/mol. The molecule has 1 rings (SSSR count). The smallest absolute Gasteiger partial charge is 0.0253 e. The molecule has 1 aliphatic rings. The van der Waals surface area contributed by atoms with E-state index in [-0.39, 0.29) is 0 Å². The summed E-state index contributed by atoms with van der Waals surface area (Å²) in [5.41, 5.74) is 7.90. The molecule has 1 heteroatoms. The highest BCUT2D eigenvalue weighted by molar-refractivity contribution is 5.10. The lowest BCUT2D eigenvalue weighted by Gasteiger charge is -2.18. The number of hydrogen-bond donors (Lipinski definition) is 1. The maximum absolute atomic E-state index is 6.34. The molecule has 18 heavy (non-hydrogen) atoms. The summed E-state index contributed by atoms with van der Waals surface area (Å²) in [5, 5.41) is 0. The van der Waals surface area contributed by atoms with Crippen LogP contribution in [0.3, 0.4) is 0 Å². The summed E-state index contributed by atoms with van der Waals surface area (Å²) >= 11 is 0. The van der Waals surface area contributed by atoms with Crippen LogP contribution in [0.4, 0.5) is 0 Å². The molecule has 0 spiro atoms. The molecule has 0 saturated heterocycles. The third-order valence-electron chi connectivity index (χ3n) is 4.17. The number of nitrogens with two attached hydrogens (primary N) is 1. The van der Waals surface area contributed by atoms with Crippen molar-refractivity contribution in [2.45, 2.75) is 96.4 Å². The molecule has 0 aliphatic heterocycles. The fraction of sp³-hybridized carbons (Fsp3) is 0.882. The van der Waals surface area contributed by atoms with Gasteiger partial charge in [0.25, 0.3) is 0 Å². The molecule has 0 radical (unpaired) electrons. The van der Waals surface area contributed by atoms with Gasteiger partial charge in [0.05, 0.1) is 0 Å². The van der Waals surface area contributed by atoms with E-state index in [9.17, 15) is 0 Å². The molecule has 1 nitrogen and oxygen atoms in total. The van der Waals surface area contributed by atoms with Crippen molar-refractivity contribution >= 4 is 0 Å². The predicted octanol–water partition coefficient (Wildman–Crippen LogP) is 5.34. The van der Waals surface area contributed by atoms with Crippen LogP contribution in [-0.4, -0.2) is 6.04 Å². The molecule has 106 valence electrons. The maximum Gasteiger partial charge on any atom is 0.0253 e. The van der Waals surface area contributed by atoms with Gasteiger partial charge in [-0.3, -0.25) is 0 Å². The topological polar surface area (TPSA) is 26.0 Å². The largest absolute Gasteiger partial charge is 0.324 e. The van der Waals surface area contributed by atoms with Crippen LogP contribution in [0.25, 0.3) is 0 Å². The Balaban J connectivity index is 2.12. The van der Waals surface area contributed by atoms with Crippen molar-refractivity contribution in [1.29, 1.82) is 0 Å². The predicted molar refractivity (Wildman–Crippen MR) is 81.8 cm³/mol. The van der Waals surface area contributed by atoms with Gasteiger partial charge in [0.1, 0.15) is 0 Å². The normalized spacial score (nSPS) is 18.9. The van der Waals surface area contributed by atoms with E-state index in [0.29, 0.717) is 6.04 Å². The number of rotatable bonds is 8. The fourth-order valence-electron chi connectivity index (χ4n) is 2.88. The van der Waals surface area contributed by atoms with Crippen molar-refractivity contribution in [3.63, 3.8) is 0 Å². The van der Waals surface area contributed by atoms with Crippen molar-refractivity contribution < 1.29 is 0 Å². The van der Waals surface area contributed by atoms with Crippen LogP contribution < -0.4 is 5.73 Å². The van der Waals surface area contributed by atoms with Crippen molar-refractivity contribution in [3.05, 3.63) is 11.6 Å². The zero-order valence-corrected chi connectivity index (χ0v) is 12.4. The Morgan fingerprint density at radius 2 is 1.72 bits per heavy atom. The lowest BCUT2D eigenvalue weighted by molar-refractivity contribution is 0.539. The molecule has 0 saturated carbocycles. The highest BCUT2D eigenvalue weighted by atomic mass is 14.6. The molecular formula is C17H33N. The van der Waals surface area contributed by atoms with E-state index in [1.807, 2.05) is 0 Å². The fourth-order valence-corrected chi connectivity index (χ4v) is 2.88. The van der Waals surface area contributed by atoms with Gasteiger partial charge in [-0.25, -0.2) is 0 Å². The maximum atomic E-state index is 6.34. The van der Waals surface area contributed by atoms with E-state index in [1.54, 1.807) is 5.57 Å². The van der Waals surface area contributed by atoms with Gasteiger partial charge in [0.2, 0.25) is 0 Å². The van der Waals surface area contributed by atoms with Gasteiger partial charge < -0.3 is 5.73 Å². The SMILES string of the molecule is CCCCCCCCC(N)C1=CCCCCCC1. The second-order valence-electron chi connectivity index (χ2n) is 5.89. The van der Waals surface area contributed by atoms with Gasteiger partial charge in [0, 0.05) is 6.04 Å². The van der Waals surface area contributed by atoms with Crippen LogP contribution in [0, 0.1) is 0 Å². The molecule has 2 N–H and O–H groups in total. The second kappa shape index (κ2) is 10.6. The van der Waals surface area contributed by atoms with E-state index in [4.69, 9.17) is 5.73 Å². The van der Waals surface area contributed by atoms with Crippen molar-refractivity contribution in [3.8, 4) is 0 Å². The summed E-state index contributed by atoms with van der Waals surface area (Å²) in [6.07, 6.45) is 20.0. The third kappa shape index (κ3) is 7.20. The Bertz CT molecular complexity index is 220. The average Bonchev–Trinajstić information content (AvgIpc) is 2.33. The molecule has 1 unspecified atom stereocenters. The minimum Gasteiger partial charge on any atom is -0.324 e. The van der Waals surface area contributed by atoms with E-state index in [1.165, 1.54) is 83.5 Å². The summed E-state index contributed by atoms with van der Waals surface area (Å²) in [5.74, 6) is 0. The first-order chi connectivity index (χ1) is 8.84. The van der Waals surface area contributed by atoms with Crippen LogP contribution in [0.15, 0.2) is 11.6 Å². The van der Waals surface area contributed by atoms with Crippen LogP contribution >= 0.6 is 0 Å². The third-order valence-corrected chi connectivity index (χ3v) is 4.17. The first-order valence-corrected chi connectivity index (χ1v) is 8.29. The van der Waals surface area contributed by atoms with Crippen LogP contribution in [0.1, 0.15) is 90.4 Å². The molecule has 0 aromatic carbocycles. The van der Waals surface area contributed by atoms with E-state index >= 15 is 0 Å². The summed E-state index contributed by atoms with van der Waals surface area (Å²) < 4.78 is 0. The van der Waals surface area contributed by atoms with Gasteiger partial charge in [-0.05, 0) is 32.1 Å². The molecular weight excluding hydrogens is 218 g/mol. The number of hydrogen-bond acceptors (Lipinski definition) is 1. The van der Waals surface area contributed by atoms with Crippen LogP contribution in [-0.2, 0) is 0 Å². The van der Waals surface area contributed by atoms with Crippen molar-refractivity contribution in [2.24, 2.45) is 5.73 Å². The Morgan fingerprint density at radius 1 is 1.00 bits per heavy atom. The van der Waals surface area contributed by atoms with Gasteiger partial charge in [-0.1, -0.05) is 69.9 Å². The molecule has 1 atom stereocenters. The molecule has 0 fully saturated rings. The van der Waals surface area contributed by atoms with Gasteiger partial charge in [-0.15, -0.1) is 0 Å². The summed E-state index contributed by atoms with van der Waals surface area (Å²) in [7, 11) is 0. The van der Waals surface area contributed by atoms with E-state index in [0.717, 1.165) is 0 Å². The Kier molecular flexibility index (Phi) is 9.28. The van der Waals surface area contributed by atoms with Gasteiger partial charge >= 0.3 is 0 Å². The average molecular weight is 251 g/mol. The molecule has 0 heterocycles. The van der Waals surface area contributed by atoms with Gasteiger partial charge in [0.15, 0.2) is 0 Å². The Labute approximate surface area is 114 Å². The molecule has 0 aromatic rings. The van der Waals surface area contributed by atoms with Crippen LogP contribution in [0.2, 0.25) is 0 Å². The standard InChI is InChI=1S/C17H33N/c1-2-3-4-5-9-12-15-17(18)16-13-10-7-6-8-11-14-16/h13,17H,2-12,14-15,18H2,1H3. The molecule has 0 bridgehead atoms. The minimum atomic E-state index is 0.356. The first-order valence-electron chi connectivity index (χ1n) is 8.29. The number of allylic oxidation sites excluding steroid dienone is 1. The molecule has 0 aromatic heterocycles. The van der Waals surface area contributed by atoms with Crippen molar-refractivity contribution in [1.82, 2.24) is 0 Å². The highest BCUT2D eigenvalue weighted by Gasteiger charge is 2.10. The lowest BCUT2D eigenvalue weighted by atomic mass is 9.92. The quantitative estimate of drug-likeness (QED) is 0.457. The van der Waals surface area contributed by atoms with E-state index < -0.39 is 0 Å². The van der Waals surface area contributed by atoms with Gasteiger partial charge in [-0.2, -0.15) is 0 Å². The zero-order valence-electron chi connectivity index (χ0n) is 12.4. The highest BCUT2D eigenvalue weighted by Crippen LogP contribution is 2.21. The second-order valence-corrected chi connectivity index (χ2v) is 5.89. The Hall–Kier alpha value is -0.300. The minimum absolute atomic E-state index is 0.356. The lowest BCUT2D eigenvalue weighted by Crippen LogP contribution is -2.23. The zero-order chi connectivity index (χ0) is 13.1. The number of unbranched alkanes of at least 4 members (excludes halogenated alkanes) is 5. The van der Waals surface area contributed by atoms with Crippen molar-refractivity contribution in [2.75, 3.05) is 0 Å². The summed E-state index contributed by atoms with van der Waals surface area (Å²) in [6.45, 7) is 2.27. The van der Waals surface area contributed by atoms with E-state index in [2.05, 4.69) is 13.0 Å². The molecule has 1 aliphatic carbocycles. The molecule has 0 amide bonds. The summed E-state index contributed by atoms with van der Waals surface area (Å²) in [6, 6.07) is 0.356. The first kappa shape index (κ1) is 15.8. The summed E-state index contributed by atoms with van der Waals surface area (Å²) in [4.78, 5) is 0. The van der Waals surface area contributed by atoms with Crippen LogP contribution in [0.5, 0.6) is 0 Å². The Morgan fingerprint density at radius 3 is 2.56 bits per heavy atom.